The quantitative estimate of drug-likeness (QED) is 0.790. The minimum atomic E-state index is -0.213. The fourth-order valence-corrected chi connectivity index (χ4v) is 2.92. The molecule has 0 saturated heterocycles. The summed E-state index contributed by atoms with van der Waals surface area (Å²) in [6.45, 7) is 2.13. The summed E-state index contributed by atoms with van der Waals surface area (Å²) in [7, 11) is 0. The van der Waals surface area contributed by atoms with Crippen molar-refractivity contribution in [3.63, 3.8) is 0 Å². The Bertz CT molecular complexity index is 843. The highest BCUT2D eigenvalue weighted by molar-refractivity contribution is 7.09. The number of aromatic hydroxyl groups is 1. The lowest BCUT2D eigenvalue weighted by Gasteiger charge is -2.08. The zero-order chi connectivity index (χ0) is 14.3. The monoisotopic (exact) mass is 307 g/mol. The first-order chi connectivity index (χ1) is 9.58. The molecule has 3 rings (SSSR count). The van der Waals surface area contributed by atoms with Gasteiger partial charge in [-0.2, -0.15) is 0 Å². The molecule has 0 bridgehead atoms. The van der Waals surface area contributed by atoms with E-state index in [4.69, 9.17) is 11.6 Å². The van der Waals surface area contributed by atoms with Gasteiger partial charge in [0.1, 0.15) is 10.5 Å². The summed E-state index contributed by atoms with van der Waals surface area (Å²) in [5, 5.41) is 13.2. The molecule has 20 heavy (non-hydrogen) atoms. The number of phenols is 1. The van der Waals surface area contributed by atoms with E-state index in [-0.39, 0.29) is 21.8 Å². The molecule has 0 amide bonds. The fraction of sp³-hybridized carbons (Fsp3) is 0.154. The van der Waals surface area contributed by atoms with Crippen LogP contribution in [-0.4, -0.2) is 19.6 Å². The highest BCUT2D eigenvalue weighted by Crippen LogP contribution is 2.31. The van der Waals surface area contributed by atoms with Crippen LogP contribution in [0, 0.1) is 6.92 Å². The number of aromatic nitrogens is 3. The molecule has 0 saturated carbocycles. The largest absolute Gasteiger partial charge is 0.504 e. The lowest BCUT2D eigenvalue weighted by atomic mass is 10.1. The first-order valence-electron chi connectivity index (χ1n) is 5.83. The number of hydrogen-bond acceptors (Lipinski definition) is 5. The minimum Gasteiger partial charge on any atom is -0.504 e. The molecular formula is C13H10ClN3O2S. The Morgan fingerprint density at radius 1 is 1.45 bits per heavy atom. The summed E-state index contributed by atoms with van der Waals surface area (Å²) in [5.74, 6) is -0.161. The number of aryl methyl sites for hydroxylation is 1. The fourth-order valence-electron chi connectivity index (χ4n) is 2.06. The second kappa shape index (κ2) is 4.88. The molecule has 1 aromatic carbocycles. The van der Waals surface area contributed by atoms with Crippen molar-refractivity contribution in [2.75, 3.05) is 0 Å². The van der Waals surface area contributed by atoms with Crippen LogP contribution >= 0.6 is 22.9 Å². The third-order valence-corrected chi connectivity index (χ3v) is 4.07. The number of nitrogens with zero attached hydrogens (tertiary/aromatic N) is 3. The molecule has 0 atom stereocenters. The molecular weight excluding hydrogens is 298 g/mol. The van der Waals surface area contributed by atoms with Gasteiger partial charge in [0.25, 0.3) is 5.56 Å². The zero-order valence-corrected chi connectivity index (χ0v) is 12.1. The van der Waals surface area contributed by atoms with Gasteiger partial charge < -0.3 is 5.11 Å². The van der Waals surface area contributed by atoms with Crippen molar-refractivity contribution in [1.82, 2.24) is 14.5 Å². The lowest BCUT2D eigenvalue weighted by Crippen LogP contribution is -2.21. The van der Waals surface area contributed by atoms with Crippen LogP contribution in [0.4, 0.5) is 0 Å². The first kappa shape index (κ1) is 13.1. The number of benzene rings is 1. The summed E-state index contributed by atoms with van der Waals surface area (Å²) in [4.78, 5) is 20.8. The van der Waals surface area contributed by atoms with E-state index in [1.54, 1.807) is 19.2 Å². The van der Waals surface area contributed by atoms with Gasteiger partial charge in [-0.25, -0.2) is 9.97 Å². The molecule has 0 spiro atoms. The van der Waals surface area contributed by atoms with Crippen LogP contribution in [0.15, 0.2) is 28.8 Å². The van der Waals surface area contributed by atoms with E-state index in [9.17, 15) is 9.90 Å². The zero-order valence-electron chi connectivity index (χ0n) is 10.5. The van der Waals surface area contributed by atoms with Gasteiger partial charge >= 0.3 is 0 Å². The number of thiazole rings is 1. The molecule has 0 aliphatic heterocycles. The first-order valence-corrected chi connectivity index (χ1v) is 7.09. The highest BCUT2D eigenvalue weighted by Gasteiger charge is 2.14. The van der Waals surface area contributed by atoms with Gasteiger partial charge in [0.2, 0.25) is 0 Å². The van der Waals surface area contributed by atoms with E-state index in [0.29, 0.717) is 17.5 Å². The van der Waals surface area contributed by atoms with Gasteiger partial charge in [-0.05, 0) is 18.6 Å². The summed E-state index contributed by atoms with van der Waals surface area (Å²) < 4.78 is 1.47. The maximum Gasteiger partial charge on any atom is 0.261 e. The molecule has 3 aromatic rings. The Hall–Kier alpha value is -1.92. The molecule has 2 heterocycles. The number of phenolic OH excluding ortho intramolecular Hbond substituents is 1. The van der Waals surface area contributed by atoms with E-state index in [1.165, 1.54) is 22.2 Å². The number of hydrogen-bond donors (Lipinski definition) is 1. The average Bonchev–Trinajstić information content (AvgIpc) is 2.91. The van der Waals surface area contributed by atoms with Crippen LogP contribution in [0.3, 0.4) is 0 Å². The third-order valence-electron chi connectivity index (χ3n) is 3.01. The predicted octanol–water partition coefficient (Wildman–Crippen LogP) is 2.57. The smallest absolute Gasteiger partial charge is 0.261 e. The SMILES string of the molecule is Cc1cc(Cl)c(O)c2ncn(Cc3nccs3)c(=O)c12. The average molecular weight is 308 g/mol. The van der Waals surface area contributed by atoms with E-state index in [0.717, 1.165) is 5.01 Å². The molecule has 0 unspecified atom stereocenters. The Kier molecular flexibility index (Phi) is 3.19. The van der Waals surface area contributed by atoms with E-state index < -0.39 is 0 Å². The van der Waals surface area contributed by atoms with Crippen LogP contribution < -0.4 is 5.56 Å². The molecule has 1 N–H and O–H groups in total. The molecule has 0 fully saturated rings. The highest BCUT2D eigenvalue weighted by atomic mass is 35.5. The maximum absolute atomic E-state index is 12.5. The second-order valence-corrected chi connectivity index (χ2v) is 5.74. The molecule has 7 heteroatoms. The molecule has 5 nitrogen and oxygen atoms in total. The molecule has 0 radical (unpaired) electrons. The number of halogens is 1. The van der Waals surface area contributed by atoms with Gasteiger partial charge in [-0.3, -0.25) is 9.36 Å². The Labute approximate surface area is 123 Å². The molecule has 2 aromatic heterocycles. The van der Waals surface area contributed by atoms with Crippen LogP contribution in [0.5, 0.6) is 5.75 Å². The lowest BCUT2D eigenvalue weighted by molar-refractivity contribution is 0.480. The van der Waals surface area contributed by atoms with Crippen molar-refractivity contribution in [1.29, 1.82) is 0 Å². The predicted molar refractivity (Wildman–Crippen MR) is 78.6 cm³/mol. The van der Waals surface area contributed by atoms with Crippen molar-refractivity contribution in [3.8, 4) is 5.75 Å². The van der Waals surface area contributed by atoms with Gasteiger partial charge in [0.15, 0.2) is 5.75 Å². The van der Waals surface area contributed by atoms with E-state index in [2.05, 4.69) is 9.97 Å². The van der Waals surface area contributed by atoms with Crippen molar-refractivity contribution in [3.05, 3.63) is 49.9 Å². The maximum atomic E-state index is 12.5. The molecule has 0 aliphatic carbocycles. The summed E-state index contributed by atoms with van der Waals surface area (Å²) in [6, 6.07) is 1.57. The van der Waals surface area contributed by atoms with Crippen molar-refractivity contribution in [2.45, 2.75) is 13.5 Å². The van der Waals surface area contributed by atoms with Crippen LogP contribution in [0.1, 0.15) is 10.6 Å². The molecule has 102 valence electrons. The topological polar surface area (TPSA) is 68.0 Å². The second-order valence-electron chi connectivity index (χ2n) is 4.35. The number of rotatable bonds is 2. The van der Waals surface area contributed by atoms with Crippen molar-refractivity contribution >= 4 is 33.8 Å². The van der Waals surface area contributed by atoms with Crippen LogP contribution in [-0.2, 0) is 6.54 Å². The van der Waals surface area contributed by atoms with E-state index in [1.807, 2.05) is 5.38 Å². The van der Waals surface area contributed by atoms with Crippen molar-refractivity contribution in [2.24, 2.45) is 0 Å². The van der Waals surface area contributed by atoms with Gasteiger partial charge in [-0.1, -0.05) is 11.6 Å². The van der Waals surface area contributed by atoms with Gasteiger partial charge in [0, 0.05) is 11.6 Å². The third kappa shape index (κ3) is 2.07. The Morgan fingerprint density at radius 2 is 2.25 bits per heavy atom. The van der Waals surface area contributed by atoms with Crippen molar-refractivity contribution < 1.29 is 5.11 Å². The Morgan fingerprint density at radius 3 is 2.95 bits per heavy atom. The van der Waals surface area contributed by atoms with Gasteiger partial charge in [0.05, 0.1) is 23.3 Å². The summed E-state index contributed by atoms with van der Waals surface area (Å²) >= 11 is 7.37. The van der Waals surface area contributed by atoms with Crippen LogP contribution in [0.2, 0.25) is 5.02 Å². The Balaban J connectivity index is 2.23. The summed E-state index contributed by atoms with van der Waals surface area (Å²) in [5.41, 5.74) is 0.707. The minimum absolute atomic E-state index is 0.161. The van der Waals surface area contributed by atoms with Crippen LogP contribution in [0.25, 0.3) is 10.9 Å². The number of fused-ring (bicyclic) bond motifs is 1. The van der Waals surface area contributed by atoms with Gasteiger partial charge in [-0.15, -0.1) is 11.3 Å². The molecule has 0 aliphatic rings. The standard InChI is InChI=1S/C13H10ClN3O2S/c1-7-4-8(14)12(18)11-10(7)13(19)17(6-16-11)5-9-15-2-3-20-9/h2-4,6,18H,5H2,1H3. The normalized spacial score (nSPS) is 11.1. The summed E-state index contributed by atoms with van der Waals surface area (Å²) in [6.07, 6.45) is 3.10. The van der Waals surface area contributed by atoms with E-state index >= 15 is 0 Å².